The van der Waals surface area contributed by atoms with E-state index in [9.17, 15) is 4.79 Å². The SMILES string of the molecule is CCOC(=O)C1=NN(c2ccccc2)C(c2c[nH]c3ccccc23)N1c1cccc(OC)c1. The molecule has 3 aromatic carbocycles. The van der Waals surface area contributed by atoms with Crippen molar-refractivity contribution in [3.8, 4) is 5.75 Å². The summed E-state index contributed by atoms with van der Waals surface area (Å²) in [6.07, 6.45) is 1.55. The third-order valence-electron chi connectivity index (χ3n) is 5.62. The highest BCUT2D eigenvalue weighted by Gasteiger charge is 2.42. The Morgan fingerprint density at radius 1 is 1.00 bits per heavy atom. The fourth-order valence-electron chi connectivity index (χ4n) is 4.15. The number of aromatic amines is 1. The minimum Gasteiger partial charge on any atom is -0.497 e. The first kappa shape index (κ1) is 20.6. The third kappa shape index (κ3) is 3.67. The maximum Gasteiger partial charge on any atom is 0.376 e. The molecule has 1 unspecified atom stereocenters. The van der Waals surface area contributed by atoms with Crippen LogP contribution in [0.25, 0.3) is 10.9 Å². The second-order valence-corrected chi connectivity index (χ2v) is 7.56. The van der Waals surface area contributed by atoms with Gasteiger partial charge in [0.2, 0.25) is 5.84 Å². The number of amidine groups is 1. The van der Waals surface area contributed by atoms with Gasteiger partial charge in [0.05, 0.1) is 19.4 Å². The molecule has 2 heterocycles. The summed E-state index contributed by atoms with van der Waals surface area (Å²) in [5.41, 5.74) is 3.63. The van der Waals surface area contributed by atoms with Crippen LogP contribution in [0.15, 0.2) is 90.2 Å². The molecule has 7 nitrogen and oxygen atoms in total. The van der Waals surface area contributed by atoms with Crippen LogP contribution in [-0.4, -0.2) is 30.5 Å². The smallest absolute Gasteiger partial charge is 0.376 e. The van der Waals surface area contributed by atoms with Crippen LogP contribution in [-0.2, 0) is 9.53 Å². The second kappa shape index (κ2) is 8.70. The third-order valence-corrected chi connectivity index (χ3v) is 5.62. The van der Waals surface area contributed by atoms with Crippen molar-refractivity contribution in [2.75, 3.05) is 23.6 Å². The van der Waals surface area contributed by atoms with E-state index in [-0.39, 0.29) is 12.4 Å². The van der Waals surface area contributed by atoms with Crippen molar-refractivity contribution in [3.63, 3.8) is 0 Å². The number of nitrogens with zero attached hydrogens (tertiary/aromatic N) is 3. The average molecular weight is 441 g/mol. The zero-order chi connectivity index (χ0) is 22.8. The minimum atomic E-state index is -0.483. The molecule has 7 heteroatoms. The molecule has 0 fully saturated rings. The van der Waals surface area contributed by atoms with Crippen LogP contribution in [0, 0.1) is 0 Å². The van der Waals surface area contributed by atoms with Crippen molar-refractivity contribution in [1.82, 2.24) is 4.98 Å². The van der Waals surface area contributed by atoms with Crippen LogP contribution in [0.1, 0.15) is 18.7 Å². The number of aromatic nitrogens is 1. The number of anilines is 2. The Morgan fingerprint density at radius 2 is 1.76 bits per heavy atom. The average Bonchev–Trinajstić information content (AvgIpc) is 3.46. The number of ether oxygens (including phenoxy) is 2. The molecule has 1 aromatic heterocycles. The molecule has 33 heavy (non-hydrogen) atoms. The van der Waals surface area contributed by atoms with Crippen LogP contribution in [0.4, 0.5) is 11.4 Å². The summed E-state index contributed by atoms with van der Waals surface area (Å²) >= 11 is 0. The number of esters is 1. The van der Waals surface area contributed by atoms with Gasteiger partial charge in [-0.15, -0.1) is 5.10 Å². The number of fused-ring (bicyclic) bond motifs is 1. The number of hydrogen-bond donors (Lipinski definition) is 1. The molecule has 0 saturated heterocycles. The molecule has 166 valence electrons. The lowest BCUT2D eigenvalue weighted by molar-refractivity contribution is -0.135. The van der Waals surface area contributed by atoms with Crippen molar-refractivity contribution < 1.29 is 14.3 Å². The Kier molecular flexibility index (Phi) is 5.44. The van der Waals surface area contributed by atoms with E-state index >= 15 is 0 Å². The van der Waals surface area contributed by atoms with E-state index in [0.29, 0.717) is 5.75 Å². The molecule has 0 aliphatic carbocycles. The molecule has 1 aliphatic rings. The summed E-state index contributed by atoms with van der Waals surface area (Å²) in [7, 11) is 1.62. The van der Waals surface area contributed by atoms with Gasteiger partial charge in [-0.25, -0.2) is 9.80 Å². The molecule has 1 N–H and O–H groups in total. The van der Waals surface area contributed by atoms with Crippen LogP contribution in [0.5, 0.6) is 5.75 Å². The fraction of sp³-hybridized carbons (Fsp3) is 0.154. The molecule has 1 atom stereocenters. The molecular formula is C26H24N4O3. The van der Waals surface area contributed by atoms with Gasteiger partial charge in [-0.1, -0.05) is 42.5 Å². The number of carbonyl (C=O) groups excluding carboxylic acids is 1. The van der Waals surface area contributed by atoms with Crippen molar-refractivity contribution in [1.29, 1.82) is 0 Å². The normalized spacial score (nSPS) is 15.6. The van der Waals surface area contributed by atoms with Crippen molar-refractivity contribution in [2.45, 2.75) is 13.1 Å². The zero-order valence-electron chi connectivity index (χ0n) is 18.4. The molecule has 1 aliphatic heterocycles. The van der Waals surface area contributed by atoms with Crippen molar-refractivity contribution >= 4 is 34.1 Å². The van der Waals surface area contributed by atoms with E-state index in [1.165, 1.54) is 0 Å². The van der Waals surface area contributed by atoms with Gasteiger partial charge >= 0.3 is 5.97 Å². The van der Waals surface area contributed by atoms with E-state index < -0.39 is 12.1 Å². The van der Waals surface area contributed by atoms with Gasteiger partial charge in [0.15, 0.2) is 6.17 Å². The summed E-state index contributed by atoms with van der Waals surface area (Å²) in [5.74, 6) is 0.416. The maximum atomic E-state index is 13.1. The number of nitrogens with one attached hydrogen (secondary N) is 1. The summed E-state index contributed by atoms with van der Waals surface area (Å²) in [6, 6.07) is 25.5. The van der Waals surface area contributed by atoms with Gasteiger partial charge in [-0.2, -0.15) is 0 Å². The predicted molar refractivity (Wildman–Crippen MR) is 130 cm³/mol. The first-order valence-electron chi connectivity index (χ1n) is 10.8. The highest BCUT2D eigenvalue weighted by molar-refractivity contribution is 6.42. The zero-order valence-corrected chi connectivity index (χ0v) is 18.4. The number of H-pyrrole nitrogens is 1. The van der Waals surface area contributed by atoms with Crippen LogP contribution in [0.3, 0.4) is 0 Å². The Morgan fingerprint density at radius 3 is 2.55 bits per heavy atom. The van der Waals surface area contributed by atoms with Gasteiger partial charge < -0.3 is 14.5 Å². The van der Waals surface area contributed by atoms with E-state index in [1.54, 1.807) is 14.0 Å². The lowest BCUT2D eigenvalue weighted by Crippen LogP contribution is -2.39. The Hall–Kier alpha value is -4.26. The first-order chi connectivity index (χ1) is 16.2. The summed E-state index contributed by atoms with van der Waals surface area (Å²) in [4.78, 5) is 18.3. The quantitative estimate of drug-likeness (QED) is 0.424. The standard InChI is InChI=1S/C26H24N4O3/c1-3-33-26(31)24-28-30(18-10-5-4-6-11-18)25(22-17-27-23-15-8-7-14-21(22)23)29(24)19-12-9-13-20(16-19)32-2/h4-17,25,27H,3H2,1-2H3. The topological polar surface area (TPSA) is 70.2 Å². The van der Waals surface area contributed by atoms with Crippen molar-refractivity contribution in [3.05, 3.63) is 90.6 Å². The molecule has 0 bridgehead atoms. The number of benzene rings is 3. The van der Waals surface area contributed by atoms with Crippen LogP contribution in [0.2, 0.25) is 0 Å². The van der Waals surface area contributed by atoms with Gasteiger partial charge in [-0.05, 0) is 37.3 Å². The minimum absolute atomic E-state index is 0.212. The van der Waals surface area contributed by atoms with Gasteiger partial charge in [0.25, 0.3) is 0 Å². The van der Waals surface area contributed by atoms with E-state index in [2.05, 4.69) is 11.1 Å². The van der Waals surface area contributed by atoms with E-state index in [0.717, 1.165) is 27.8 Å². The maximum absolute atomic E-state index is 13.1. The highest BCUT2D eigenvalue weighted by Crippen LogP contribution is 2.42. The van der Waals surface area contributed by atoms with E-state index in [4.69, 9.17) is 14.6 Å². The number of para-hydroxylation sites is 2. The fourth-order valence-corrected chi connectivity index (χ4v) is 4.15. The number of methoxy groups -OCH3 is 1. The monoisotopic (exact) mass is 440 g/mol. The molecule has 4 aromatic rings. The van der Waals surface area contributed by atoms with Gasteiger partial charge in [0, 0.05) is 34.4 Å². The van der Waals surface area contributed by atoms with Gasteiger partial charge in [-0.3, -0.25) is 4.90 Å². The number of carbonyl (C=O) groups is 1. The molecule has 0 spiro atoms. The summed E-state index contributed by atoms with van der Waals surface area (Å²) in [6.45, 7) is 2.04. The lowest BCUT2D eigenvalue weighted by atomic mass is 10.1. The second-order valence-electron chi connectivity index (χ2n) is 7.56. The molecule has 0 radical (unpaired) electrons. The Balaban J connectivity index is 1.74. The summed E-state index contributed by atoms with van der Waals surface area (Å²) < 4.78 is 10.9. The van der Waals surface area contributed by atoms with Gasteiger partial charge in [0.1, 0.15) is 5.75 Å². The number of hydrazone groups is 1. The molecule has 5 rings (SSSR count). The molecule has 0 saturated carbocycles. The number of rotatable bonds is 6. The Bertz CT molecular complexity index is 1320. The summed E-state index contributed by atoms with van der Waals surface area (Å²) in [5, 5.41) is 7.70. The molecular weight excluding hydrogens is 416 g/mol. The largest absolute Gasteiger partial charge is 0.497 e. The van der Waals surface area contributed by atoms with Crippen LogP contribution >= 0.6 is 0 Å². The predicted octanol–water partition coefficient (Wildman–Crippen LogP) is 5.08. The number of hydrogen-bond acceptors (Lipinski definition) is 6. The molecule has 0 amide bonds. The van der Waals surface area contributed by atoms with Crippen molar-refractivity contribution in [2.24, 2.45) is 5.10 Å². The first-order valence-corrected chi connectivity index (χ1v) is 10.8. The lowest BCUT2D eigenvalue weighted by Gasteiger charge is -2.31. The van der Waals surface area contributed by atoms with Crippen LogP contribution < -0.4 is 14.6 Å². The van der Waals surface area contributed by atoms with E-state index in [1.807, 2.05) is 88.9 Å². The Labute approximate surface area is 191 Å². The highest BCUT2D eigenvalue weighted by atomic mass is 16.5.